The Morgan fingerprint density at radius 1 is 1.19 bits per heavy atom. The molecular weight excluding hydrogens is 311 g/mol. The summed E-state index contributed by atoms with van der Waals surface area (Å²) < 4.78 is 39.9. The minimum absolute atomic E-state index is 0.164. The van der Waals surface area contributed by atoms with E-state index < -0.39 is 12.3 Å². The van der Waals surface area contributed by atoms with Gasteiger partial charge < -0.3 is 9.84 Å². The Hall–Kier alpha value is -2.28. The molecule has 0 unspecified atom stereocenters. The Kier molecular flexibility index (Phi) is 4.04. The van der Waals surface area contributed by atoms with Gasteiger partial charge in [-0.25, -0.2) is 9.78 Å². The van der Waals surface area contributed by atoms with Crippen molar-refractivity contribution in [3.8, 4) is 16.9 Å². The normalized spacial score (nSPS) is 11.2. The van der Waals surface area contributed by atoms with Gasteiger partial charge in [0.2, 0.25) is 0 Å². The van der Waals surface area contributed by atoms with Gasteiger partial charge >= 0.3 is 12.3 Å². The van der Waals surface area contributed by atoms with Crippen LogP contribution >= 0.6 is 11.6 Å². The average molecular weight is 318 g/mol. The summed E-state index contributed by atoms with van der Waals surface area (Å²) in [4.78, 5) is 14.7. The molecule has 0 fully saturated rings. The van der Waals surface area contributed by atoms with Crippen molar-refractivity contribution >= 4 is 17.6 Å². The molecule has 0 spiro atoms. The lowest BCUT2D eigenvalue weighted by Gasteiger charge is -2.09. The smallest absolute Gasteiger partial charge is 0.478 e. The monoisotopic (exact) mass is 317 g/mol. The van der Waals surface area contributed by atoms with Gasteiger partial charge in [-0.3, -0.25) is 0 Å². The molecule has 4 nitrogen and oxygen atoms in total. The van der Waals surface area contributed by atoms with E-state index in [1.54, 1.807) is 0 Å². The van der Waals surface area contributed by atoms with Gasteiger partial charge in [-0.1, -0.05) is 23.7 Å². The van der Waals surface area contributed by atoms with Crippen LogP contribution in [0, 0.1) is 0 Å². The molecule has 2 aromatic rings. The maximum absolute atomic E-state index is 12.0. The number of aromatic carboxylic acids is 1. The van der Waals surface area contributed by atoms with Crippen molar-refractivity contribution in [3.63, 3.8) is 0 Å². The molecular formula is C13H7ClF3NO3. The number of nitrogens with zero attached hydrogens (tertiary/aromatic N) is 1. The second-order valence-electron chi connectivity index (χ2n) is 3.94. The number of pyridine rings is 1. The van der Waals surface area contributed by atoms with Crippen LogP contribution in [0.1, 0.15) is 10.4 Å². The van der Waals surface area contributed by atoms with E-state index in [0.29, 0.717) is 11.1 Å². The first-order valence-corrected chi connectivity index (χ1v) is 5.89. The molecule has 2 rings (SSSR count). The first-order valence-electron chi connectivity index (χ1n) is 5.51. The van der Waals surface area contributed by atoms with Gasteiger partial charge in [0.1, 0.15) is 10.9 Å². The van der Waals surface area contributed by atoms with Gasteiger partial charge in [0.25, 0.3) is 0 Å². The van der Waals surface area contributed by atoms with E-state index in [2.05, 4.69) is 9.72 Å². The largest absolute Gasteiger partial charge is 0.573 e. The lowest BCUT2D eigenvalue weighted by atomic mass is 10.1. The van der Waals surface area contributed by atoms with E-state index >= 15 is 0 Å². The van der Waals surface area contributed by atoms with Crippen molar-refractivity contribution in [1.82, 2.24) is 4.98 Å². The highest BCUT2D eigenvalue weighted by atomic mass is 35.5. The zero-order valence-electron chi connectivity index (χ0n) is 10.2. The zero-order valence-corrected chi connectivity index (χ0v) is 10.9. The van der Waals surface area contributed by atoms with Crippen LogP contribution in [0.3, 0.4) is 0 Å². The van der Waals surface area contributed by atoms with E-state index in [0.717, 1.165) is 12.1 Å². The predicted octanol–water partition coefficient (Wildman–Crippen LogP) is 4.00. The Bertz CT molecular complexity index is 671. The van der Waals surface area contributed by atoms with Crippen LogP contribution in [-0.4, -0.2) is 22.4 Å². The number of carbonyl (C=O) groups is 1. The van der Waals surface area contributed by atoms with Crippen molar-refractivity contribution in [1.29, 1.82) is 0 Å². The van der Waals surface area contributed by atoms with Crippen molar-refractivity contribution in [2.45, 2.75) is 6.36 Å². The summed E-state index contributed by atoms with van der Waals surface area (Å²) in [6.45, 7) is 0. The Labute approximate surface area is 121 Å². The summed E-state index contributed by atoms with van der Waals surface area (Å²) in [5.41, 5.74) is 0.705. The fourth-order valence-corrected chi connectivity index (χ4v) is 1.79. The van der Waals surface area contributed by atoms with Gasteiger partial charge in [-0.15, -0.1) is 13.2 Å². The molecule has 1 N–H and O–H groups in total. The predicted molar refractivity (Wildman–Crippen MR) is 68.3 cm³/mol. The first kappa shape index (κ1) is 15.1. The van der Waals surface area contributed by atoms with Crippen LogP contribution in [0.5, 0.6) is 5.75 Å². The fourth-order valence-electron chi connectivity index (χ4n) is 1.60. The summed E-state index contributed by atoms with van der Waals surface area (Å²) >= 11 is 5.64. The number of hydrogen-bond donors (Lipinski definition) is 1. The van der Waals surface area contributed by atoms with Crippen LogP contribution in [0.25, 0.3) is 11.1 Å². The van der Waals surface area contributed by atoms with Crippen LogP contribution in [0.2, 0.25) is 5.15 Å². The first-order chi connectivity index (χ1) is 9.76. The third kappa shape index (κ3) is 3.85. The molecule has 0 amide bonds. The topological polar surface area (TPSA) is 59.4 Å². The number of ether oxygens (including phenoxy) is 1. The highest BCUT2D eigenvalue weighted by molar-refractivity contribution is 6.32. The fraction of sp³-hybridized carbons (Fsp3) is 0.0769. The second kappa shape index (κ2) is 5.61. The third-order valence-electron chi connectivity index (χ3n) is 2.49. The molecule has 1 aromatic heterocycles. The molecule has 0 aliphatic carbocycles. The molecule has 0 aliphatic rings. The molecule has 0 saturated heterocycles. The van der Waals surface area contributed by atoms with E-state index in [4.69, 9.17) is 16.7 Å². The van der Waals surface area contributed by atoms with E-state index in [-0.39, 0.29) is 16.5 Å². The number of aromatic nitrogens is 1. The number of hydrogen-bond acceptors (Lipinski definition) is 3. The number of benzene rings is 1. The lowest BCUT2D eigenvalue weighted by molar-refractivity contribution is -0.274. The lowest BCUT2D eigenvalue weighted by Crippen LogP contribution is -2.16. The number of carboxylic acids is 1. The van der Waals surface area contributed by atoms with Crippen molar-refractivity contribution in [2.75, 3.05) is 0 Å². The van der Waals surface area contributed by atoms with Crippen molar-refractivity contribution < 1.29 is 27.8 Å². The minimum atomic E-state index is -4.76. The van der Waals surface area contributed by atoms with Crippen LogP contribution in [-0.2, 0) is 0 Å². The van der Waals surface area contributed by atoms with Crippen LogP contribution in [0.4, 0.5) is 13.2 Å². The summed E-state index contributed by atoms with van der Waals surface area (Å²) in [6, 6.07) is 6.25. The average Bonchev–Trinajstić information content (AvgIpc) is 2.38. The van der Waals surface area contributed by atoms with E-state index in [1.165, 1.54) is 24.4 Å². The van der Waals surface area contributed by atoms with Crippen molar-refractivity contribution in [3.05, 3.63) is 47.2 Å². The Morgan fingerprint density at radius 2 is 1.81 bits per heavy atom. The van der Waals surface area contributed by atoms with E-state index in [9.17, 15) is 18.0 Å². The summed E-state index contributed by atoms with van der Waals surface area (Å²) in [5, 5.41) is 8.78. The molecule has 110 valence electrons. The summed E-state index contributed by atoms with van der Waals surface area (Å²) in [6.07, 6.45) is -3.44. The minimum Gasteiger partial charge on any atom is -0.478 e. The molecule has 0 radical (unpaired) electrons. The number of carboxylic acid groups (broad SMARTS) is 1. The van der Waals surface area contributed by atoms with Crippen LogP contribution in [0.15, 0.2) is 36.5 Å². The van der Waals surface area contributed by atoms with Crippen LogP contribution < -0.4 is 4.74 Å². The molecule has 1 aromatic carbocycles. The summed E-state index contributed by atoms with van der Waals surface area (Å²) in [5.74, 6) is -1.61. The molecule has 1 heterocycles. The molecule has 0 atom stereocenters. The summed E-state index contributed by atoms with van der Waals surface area (Å²) in [7, 11) is 0. The van der Waals surface area contributed by atoms with Gasteiger partial charge in [-0.2, -0.15) is 0 Å². The molecule has 21 heavy (non-hydrogen) atoms. The number of rotatable bonds is 3. The number of alkyl halides is 3. The SMILES string of the molecule is O=C(O)c1cc(-c2ccc(OC(F)(F)F)cc2)cnc1Cl. The number of halogens is 4. The zero-order chi connectivity index (χ0) is 15.6. The van der Waals surface area contributed by atoms with Gasteiger partial charge in [0.15, 0.2) is 0 Å². The second-order valence-corrected chi connectivity index (χ2v) is 4.30. The maximum atomic E-state index is 12.0. The molecule has 8 heteroatoms. The molecule has 0 aliphatic heterocycles. The maximum Gasteiger partial charge on any atom is 0.573 e. The van der Waals surface area contributed by atoms with Crippen molar-refractivity contribution in [2.24, 2.45) is 0 Å². The highest BCUT2D eigenvalue weighted by Gasteiger charge is 2.30. The highest BCUT2D eigenvalue weighted by Crippen LogP contribution is 2.27. The quantitative estimate of drug-likeness (QED) is 0.869. The Balaban J connectivity index is 2.31. The van der Waals surface area contributed by atoms with Gasteiger partial charge in [0, 0.05) is 11.8 Å². The van der Waals surface area contributed by atoms with Gasteiger partial charge in [0.05, 0.1) is 5.56 Å². The standard InChI is InChI=1S/C13H7ClF3NO3/c14-11-10(12(19)20)5-8(6-18-11)7-1-3-9(4-2-7)21-13(15,16)17/h1-6H,(H,19,20). The van der Waals surface area contributed by atoms with E-state index in [1.807, 2.05) is 0 Å². The Morgan fingerprint density at radius 3 is 2.33 bits per heavy atom. The molecule has 0 bridgehead atoms. The van der Waals surface area contributed by atoms with Gasteiger partial charge in [-0.05, 0) is 23.8 Å². The third-order valence-corrected chi connectivity index (χ3v) is 2.79. The molecule has 0 saturated carbocycles.